The summed E-state index contributed by atoms with van der Waals surface area (Å²) in [5.41, 5.74) is 2.86. The minimum absolute atomic E-state index is 0.166. The molecule has 1 aliphatic heterocycles. The van der Waals surface area contributed by atoms with Crippen molar-refractivity contribution in [2.45, 2.75) is 25.7 Å². The lowest BCUT2D eigenvalue weighted by Gasteiger charge is -2.30. The summed E-state index contributed by atoms with van der Waals surface area (Å²) in [7, 11) is 0. The highest BCUT2D eigenvalue weighted by Crippen LogP contribution is 2.36. The number of aromatic amines is 1. The van der Waals surface area contributed by atoms with Crippen LogP contribution in [-0.4, -0.2) is 43.5 Å². The monoisotopic (exact) mass is 392 g/mol. The van der Waals surface area contributed by atoms with Crippen molar-refractivity contribution in [3.05, 3.63) is 42.2 Å². The van der Waals surface area contributed by atoms with Gasteiger partial charge in [0, 0.05) is 43.2 Å². The first-order valence-corrected chi connectivity index (χ1v) is 10.2. The Morgan fingerprint density at radius 2 is 2.11 bits per heavy atom. The molecule has 0 saturated carbocycles. The van der Waals surface area contributed by atoms with Gasteiger partial charge in [-0.15, -0.1) is 0 Å². The third-order valence-electron chi connectivity index (χ3n) is 5.43. The van der Waals surface area contributed by atoms with Gasteiger partial charge in [0.2, 0.25) is 5.91 Å². The number of carbonyl (C=O) groups is 1. The molecule has 1 aromatic carbocycles. The molecule has 8 heteroatoms. The Bertz CT molecular complexity index is 1160. The van der Waals surface area contributed by atoms with E-state index in [4.69, 9.17) is 4.37 Å². The molecule has 4 aromatic rings. The number of nitrogens with one attached hydrogen (secondary N) is 2. The molecule has 0 bridgehead atoms. The summed E-state index contributed by atoms with van der Waals surface area (Å²) in [6, 6.07) is 10.2. The van der Waals surface area contributed by atoms with Crippen LogP contribution in [0.2, 0.25) is 0 Å². The number of amides is 1. The largest absolute Gasteiger partial charge is 0.343 e. The molecule has 0 radical (unpaired) electrons. The molecule has 142 valence electrons. The minimum Gasteiger partial charge on any atom is -0.343 e. The van der Waals surface area contributed by atoms with Crippen molar-refractivity contribution >= 4 is 50.1 Å². The fourth-order valence-electron chi connectivity index (χ4n) is 3.89. The van der Waals surface area contributed by atoms with E-state index >= 15 is 0 Å². The summed E-state index contributed by atoms with van der Waals surface area (Å²) in [4.78, 5) is 17.7. The van der Waals surface area contributed by atoms with E-state index < -0.39 is 0 Å². The van der Waals surface area contributed by atoms with E-state index in [0.29, 0.717) is 11.6 Å². The van der Waals surface area contributed by atoms with Gasteiger partial charge in [0.15, 0.2) is 5.65 Å². The smallest absolute Gasteiger partial charge is 0.219 e. The van der Waals surface area contributed by atoms with Crippen LogP contribution in [0.3, 0.4) is 0 Å². The van der Waals surface area contributed by atoms with Crippen LogP contribution >= 0.6 is 11.5 Å². The second-order valence-electron chi connectivity index (χ2n) is 7.16. The highest BCUT2D eigenvalue weighted by molar-refractivity contribution is 7.13. The molecule has 3 aromatic heterocycles. The lowest BCUT2D eigenvalue weighted by molar-refractivity contribution is -0.129. The van der Waals surface area contributed by atoms with Gasteiger partial charge in [0.25, 0.3) is 0 Å². The molecule has 28 heavy (non-hydrogen) atoms. The van der Waals surface area contributed by atoms with Gasteiger partial charge in [0.05, 0.1) is 15.8 Å². The van der Waals surface area contributed by atoms with Gasteiger partial charge in [-0.25, -0.2) is 4.98 Å². The molecule has 7 nitrogen and oxygen atoms in total. The van der Waals surface area contributed by atoms with E-state index in [1.54, 1.807) is 13.1 Å². The Kier molecular flexibility index (Phi) is 4.20. The van der Waals surface area contributed by atoms with Gasteiger partial charge < -0.3 is 10.2 Å². The molecule has 0 unspecified atom stereocenters. The van der Waals surface area contributed by atoms with Gasteiger partial charge in [-0.3, -0.25) is 9.89 Å². The number of fused-ring (bicyclic) bond motifs is 2. The zero-order valence-electron chi connectivity index (χ0n) is 15.5. The Morgan fingerprint density at radius 3 is 2.93 bits per heavy atom. The summed E-state index contributed by atoms with van der Waals surface area (Å²) < 4.78 is 5.92. The summed E-state index contributed by atoms with van der Waals surface area (Å²) in [6.07, 6.45) is 3.69. The number of likely N-dealkylation sites (tertiary alicyclic amines) is 1. The van der Waals surface area contributed by atoms with Gasteiger partial charge in [0.1, 0.15) is 5.82 Å². The van der Waals surface area contributed by atoms with Gasteiger partial charge in [-0.1, -0.05) is 0 Å². The van der Waals surface area contributed by atoms with Crippen molar-refractivity contribution in [3.63, 3.8) is 0 Å². The number of nitrogens with zero attached hydrogens (tertiary/aromatic N) is 4. The maximum Gasteiger partial charge on any atom is 0.219 e. The maximum atomic E-state index is 11.5. The van der Waals surface area contributed by atoms with Crippen molar-refractivity contribution in [2.75, 3.05) is 18.4 Å². The summed E-state index contributed by atoms with van der Waals surface area (Å²) in [5, 5.41) is 12.8. The van der Waals surface area contributed by atoms with Crippen LogP contribution in [0, 0.1) is 0 Å². The Hall–Kier alpha value is -3.00. The van der Waals surface area contributed by atoms with E-state index in [0.717, 1.165) is 47.5 Å². The van der Waals surface area contributed by atoms with E-state index in [1.807, 2.05) is 17.0 Å². The van der Waals surface area contributed by atoms with Crippen molar-refractivity contribution in [1.29, 1.82) is 0 Å². The van der Waals surface area contributed by atoms with E-state index in [-0.39, 0.29) is 5.91 Å². The molecule has 0 atom stereocenters. The zero-order valence-corrected chi connectivity index (χ0v) is 16.3. The van der Waals surface area contributed by atoms with Crippen LogP contribution in [0.4, 0.5) is 11.5 Å². The van der Waals surface area contributed by atoms with Gasteiger partial charge in [-0.2, -0.15) is 9.47 Å². The van der Waals surface area contributed by atoms with E-state index in [2.05, 4.69) is 38.7 Å². The highest BCUT2D eigenvalue weighted by Gasteiger charge is 2.25. The lowest BCUT2D eigenvalue weighted by Crippen LogP contribution is -2.36. The molecule has 2 N–H and O–H groups in total. The van der Waals surface area contributed by atoms with Crippen LogP contribution in [0.15, 0.2) is 36.5 Å². The van der Waals surface area contributed by atoms with E-state index in [1.165, 1.54) is 22.6 Å². The molecular formula is C20H20N6OS. The molecule has 4 heterocycles. The third-order valence-corrected chi connectivity index (χ3v) is 6.25. The predicted molar refractivity (Wildman–Crippen MR) is 111 cm³/mol. The number of hydrogen-bond donors (Lipinski definition) is 2. The quantitative estimate of drug-likeness (QED) is 0.549. The Morgan fingerprint density at radius 1 is 1.25 bits per heavy atom. The van der Waals surface area contributed by atoms with Crippen LogP contribution in [0.25, 0.3) is 21.1 Å². The predicted octanol–water partition coefficient (Wildman–Crippen LogP) is 4.04. The Labute approximate surface area is 165 Å². The second kappa shape index (κ2) is 6.87. The molecule has 1 amide bonds. The summed E-state index contributed by atoms with van der Waals surface area (Å²) in [6.45, 7) is 3.28. The minimum atomic E-state index is 0.166. The third kappa shape index (κ3) is 2.99. The molecular weight excluding hydrogens is 372 g/mol. The van der Waals surface area contributed by atoms with Crippen LogP contribution < -0.4 is 5.32 Å². The normalized spacial score (nSPS) is 15.4. The van der Waals surface area contributed by atoms with E-state index in [9.17, 15) is 4.79 Å². The summed E-state index contributed by atoms with van der Waals surface area (Å²) >= 11 is 1.54. The van der Waals surface area contributed by atoms with Crippen molar-refractivity contribution < 1.29 is 4.79 Å². The standard InChI is InChI=1S/C20H20N6OS/c1-12(27)26-9-6-13(7-10-26)18-15-5-4-14(11-17(15)28-25-18)22-20-16-3-2-8-21-19(16)23-24-20/h2-5,8,11,13H,6-7,9-10H2,1H3,(H2,21,22,23,24). The highest BCUT2D eigenvalue weighted by atomic mass is 32.1. The fraction of sp³-hybridized carbons (Fsp3) is 0.300. The lowest BCUT2D eigenvalue weighted by atomic mass is 9.91. The first-order chi connectivity index (χ1) is 13.7. The second-order valence-corrected chi connectivity index (χ2v) is 7.96. The molecule has 1 saturated heterocycles. The molecule has 0 spiro atoms. The van der Waals surface area contributed by atoms with Crippen LogP contribution in [0.5, 0.6) is 0 Å². The van der Waals surface area contributed by atoms with Gasteiger partial charge >= 0.3 is 0 Å². The number of anilines is 2. The number of benzene rings is 1. The average Bonchev–Trinajstić information content (AvgIpc) is 3.32. The van der Waals surface area contributed by atoms with Crippen LogP contribution in [0.1, 0.15) is 31.4 Å². The molecule has 1 aliphatic rings. The summed E-state index contributed by atoms with van der Waals surface area (Å²) in [5.74, 6) is 1.42. The fourth-order valence-corrected chi connectivity index (χ4v) is 4.78. The van der Waals surface area contributed by atoms with Crippen molar-refractivity contribution in [3.8, 4) is 0 Å². The van der Waals surface area contributed by atoms with Gasteiger partial charge in [-0.05, 0) is 54.7 Å². The number of carbonyl (C=O) groups excluding carboxylic acids is 1. The number of pyridine rings is 1. The van der Waals surface area contributed by atoms with Crippen molar-refractivity contribution in [2.24, 2.45) is 0 Å². The molecule has 5 rings (SSSR count). The zero-order chi connectivity index (χ0) is 19.1. The topological polar surface area (TPSA) is 86.8 Å². The maximum absolute atomic E-state index is 11.5. The van der Waals surface area contributed by atoms with Crippen molar-refractivity contribution in [1.82, 2.24) is 24.5 Å². The number of aromatic nitrogens is 4. The van der Waals surface area contributed by atoms with Crippen LogP contribution in [-0.2, 0) is 4.79 Å². The number of H-pyrrole nitrogens is 1. The SMILES string of the molecule is CC(=O)N1CCC(c2nsc3cc(Nc4[nH]nc5ncccc45)ccc23)CC1. The number of rotatable bonds is 3. The average molecular weight is 392 g/mol. The first kappa shape index (κ1) is 17.1. The molecule has 1 fully saturated rings. The number of hydrogen-bond acceptors (Lipinski definition) is 6. The molecule has 0 aliphatic carbocycles. The Balaban J connectivity index is 1.39. The number of piperidine rings is 1. The first-order valence-electron chi connectivity index (χ1n) is 9.40.